The lowest BCUT2D eigenvalue weighted by atomic mass is 10.1. The highest BCUT2D eigenvalue weighted by Gasteiger charge is 2.18. The Bertz CT molecular complexity index is 602. The predicted octanol–water partition coefficient (Wildman–Crippen LogP) is 1.30. The molecule has 1 aromatic carbocycles. The van der Waals surface area contributed by atoms with E-state index in [2.05, 4.69) is 0 Å². The number of benzene rings is 1. The summed E-state index contributed by atoms with van der Waals surface area (Å²) >= 11 is 0. The molecule has 0 heterocycles. The van der Waals surface area contributed by atoms with Crippen molar-refractivity contribution in [3.63, 3.8) is 0 Å². The molecular weight excluding hydrogens is 278 g/mol. The Morgan fingerprint density at radius 2 is 1.95 bits per heavy atom. The summed E-state index contributed by atoms with van der Waals surface area (Å²) in [6, 6.07) is 5.66. The van der Waals surface area contributed by atoms with Crippen molar-refractivity contribution < 1.29 is 29.3 Å². The number of ether oxygens (including phenoxy) is 1. The first-order valence-electron chi connectivity index (χ1n) is 6.07. The number of aliphatic carboxylic acids is 1. The monoisotopic (exact) mass is 291 g/mol. The van der Waals surface area contributed by atoms with Crippen molar-refractivity contribution in [3.05, 3.63) is 23.8 Å². The van der Waals surface area contributed by atoms with E-state index >= 15 is 0 Å². The number of aromatic hydroxyl groups is 1. The van der Waals surface area contributed by atoms with Gasteiger partial charge in [0.05, 0.1) is 19.1 Å². The number of rotatable bonds is 8. The average molecular weight is 291 g/mol. The van der Waals surface area contributed by atoms with Crippen LogP contribution in [-0.2, 0) is 9.59 Å². The fraction of sp³-hybridized carbons (Fsp3) is 0.286. The van der Waals surface area contributed by atoms with Gasteiger partial charge in [-0.2, -0.15) is 5.26 Å². The van der Waals surface area contributed by atoms with Crippen LogP contribution in [0.3, 0.4) is 0 Å². The van der Waals surface area contributed by atoms with Crippen molar-refractivity contribution in [1.29, 1.82) is 5.26 Å². The van der Waals surface area contributed by atoms with Crippen LogP contribution in [0.5, 0.6) is 11.5 Å². The molecule has 0 spiro atoms. The molecule has 2 N–H and O–H groups in total. The van der Waals surface area contributed by atoms with E-state index in [9.17, 15) is 19.5 Å². The van der Waals surface area contributed by atoms with Crippen molar-refractivity contribution >= 4 is 17.5 Å². The summed E-state index contributed by atoms with van der Waals surface area (Å²) in [5, 5.41) is 26.3. The van der Waals surface area contributed by atoms with Crippen LogP contribution in [0.1, 0.15) is 29.6 Å². The molecule has 1 aromatic rings. The van der Waals surface area contributed by atoms with Gasteiger partial charge in [0.25, 0.3) is 0 Å². The minimum Gasteiger partial charge on any atom is -0.508 e. The van der Waals surface area contributed by atoms with E-state index in [4.69, 9.17) is 15.1 Å². The smallest absolute Gasteiger partial charge is 0.372 e. The molecule has 0 unspecified atom stereocenters. The summed E-state index contributed by atoms with van der Waals surface area (Å²) in [5.74, 6) is -3.66. The highest BCUT2D eigenvalue weighted by Crippen LogP contribution is 2.23. The van der Waals surface area contributed by atoms with Gasteiger partial charge < -0.3 is 14.9 Å². The molecule has 0 aliphatic heterocycles. The second-order valence-electron chi connectivity index (χ2n) is 4.15. The third kappa shape index (κ3) is 5.32. The minimum atomic E-state index is -1.68. The van der Waals surface area contributed by atoms with Crippen molar-refractivity contribution in [2.45, 2.75) is 19.3 Å². The topological polar surface area (TPSA) is 125 Å². The number of nitrogens with zero attached hydrogens (tertiary/aromatic N) is 1. The molecule has 0 radical (unpaired) electrons. The standard InChI is InChI=1S/C14H13NO6/c15-3-1-2-4-21-11-6-9(5-10(16)7-11)12(17)8-13(18)14(19)20/h5-7,16H,1-2,4,8H2,(H,19,20). The Morgan fingerprint density at radius 1 is 1.24 bits per heavy atom. The van der Waals surface area contributed by atoms with Crippen molar-refractivity contribution in [2.24, 2.45) is 0 Å². The lowest BCUT2D eigenvalue weighted by Crippen LogP contribution is -2.17. The zero-order chi connectivity index (χ0) is 15.8. The van der Waals surface area contributed by atoms with Crippen LogP contribution in [0, 0.1) is 11.3 Å². The third-order valence-electron chi connectivity index (χ3n) is 2.47. The molecule has 0 saturated carbocycles. The molecule has 0 atom stereocenters. The molecule has 110 valence electrons. The summed E-state index contributed by atoms with van der Waals surface area (Å²) in [5.41, 5.74) is -0.0140. The summed E-state index contributed by atoms with van der Waals surface area (Å²) in [4.78, 5) is 33.1. The molecule has 0 amide bonds. The number of carboxylic acid groups (broad SMARTS) is 1. The summed E-state index contributed by atoms with van der Waals surface area (Å²) in [6.07, 6.45) is 0.0251. The molecule has 0 saturated heterocycles. The van der Waals surface area contributed by atoms with E-state index in [1.165, 1.54) is 12.1 Å². The SMILES string of the molecule is N#CCCCOc1cc(O)cc(C(=O)CC(=O)C(=O)O)c1. The maximum absolute atomic E-state index is 11.7. The minimum absolute atomic E-state index is 0.0140. The highest BCUT2D eigenvalue weighted by molar-refractivity contribution is 6.37. The van der Waals surface area contributed by atoms with Gasteiger partial charge in [-0.3, -0.25) is 9.59 Å². The fourth-order valence-corrected chi connectivity index (χ4v) is 1.49. The summed E-state index contributed by atoms with van der Waals surface area (Å²) in [6.45, 7) is 0.235. The first-order chi connectivity index (χ1) is 9.93. The second-order valence-corrected chi connectivity index (χ2v) is 4.15. The van der Waals surface area contributed by atoms with Crippen LogP contribution < -0.4 is 4.74 Å². The van der Waals surface area contributed by atoms with Gasteiger partial charge in [0.1, 0.15) is 11.5 Å². The van der Waals surface area contributed by atoms with E-state index < -0.39 is 24.0 Å². The maximum atomic E-state index is 11.7. The van der Waals surface area contributed by atoms with Gasteiger partial charge in [0, 0.05) is 18.1 Å². The lowest BCUT2D eigenvalue weighted by Gasteiger charge is -2.07. The van der Waals surface area contributed by atoms with Gasteiger partial charge in [0.2, 0.25) is 5.78 Å². The Hall–Kier alpha value is -2.88. The van der Waals surface area contributed by atoms with E-state index in [-0.39, 0.29) is 23.7 Å². The summed E-state index contributed by atoms with van der Waals surface area (Å²) < 4.78 is 5.27. The normalized spacial score (nSPS) is 9.67. The molecule has 0 bridgehead atoms. The average Bonchev–Trinajstić information content (AvgIpc) is 2.42. The molecule has 0 aromatic heterocycles. The number of phenols is 1. The zero-order valence-corrected chi connectivity index (χ0v) is 11.0. The lowest BCUT2D eigenvalue weighted by molar-refractivity contribution is -0.148. The first-order valence-corrected chi connectivity index (χ1v) is 6.07. The van der Waals surface area contributed by atoms with Crippen LogP contribution in [0.15, 0.2) is 18.2 Å². The van der Waals surface area contributed by atoms with Crippen LogP contribution in [0.4, 0.5) is 0 Å². The van der Waals surface area contributed by atoms with Crippen LogP contribution >= 0.6 is 0 Å². The number of carbonyl (C=O) groups is 3. The predicted molar refractivity (Wildman–Crippen MR) is 70.0 cm³/mol. The van der Waals surface area contributed by atoms with Gasteiger partial charge in [-0.05, 0) is 18.6 Å². The van der Waals surface area contributed by atoms with Crippen molar-refractivity contribution in [2.75, 3.05) is 6.61 Å². The number of unbranched alkanes of at least 4 members (excludes halogenated alkanes) is 1. The number of nitriles is 1. The van der Waals surface area contributed by atoms with E-state index in [0.717, 1.165) is 6.07 Å². The molecule has 7 nitrogen and oxygen atoms in total. The molecule has 0 fully saturated rings. The van der Waals surface area contributed by atoms with Gasteiger partial charge >= 0.3 is 5.97 Å². The number of ketones is 2. The molecule has 0 aliphatic carbocycles. The maximum Gasteiger partial charge on any atom is 0.372 e. The van der Waals surface area contributed by atoms with Crippen molar-refractivity contribution in [1.82, 2.24) is 0 Å². The van der Waals surface area contributed by atoms with Crippen LogP contribution in [0.25, 0.3) is 0 Å². The number of phenolic OH excluding ortho intramolecular Hbond substituents is 1. The van der Waals surface area contributed by atoms with Gasteiger partial charge in [0.15, 0.2) is 5.78 Å². The Balaban J connectivity index is 2.77. The molecule has 7 heteroatoms. The zero-order valence-electron chi connectivity index (χ0n) is 11.0. The molecule has 0 aliphatic rings. The largest absolute Gasteiger partial charge is 0.508 e. The Labute approximate surface area is 120 Å². The van der Waals surface area contributed by atoms with E-state index in [0.29, 0.717) is 12.8 Å². The third-order valence-corrected chi connectivity index (χ3v) is 2.47. The van der Waals surface area contributed by atoms with Gasteiger partial charge in [-0.1, -0.05) is 0 Å². The second kappa shape index (κ2) is 7.65. The van der Waals surface area contributed by atoms with Crippen molar-refractivity contribution in [3.8, 4) is 17.6 Å². The number of Topliss-reactive ketones (excluding diaryl/α,β-unsaturated/α-hetero) is 2. The van der Waals surface area contributed by atoms with Gasteiger partial charge in [-0.25, -0.2) is 4.79 Å². The number of carboxylic acids is 1. The molecule has 1 rings (SSSR count). The Morgan fingerprint density at radius 3 is 2.57 bits per heavy atom. The number of hydrogen-bond donors (Lipinski definition) is 2. The first kappa shape index (κ1) is 16.2. The quantitative estimate of drug-likeness (QED) is 0.320. The van der Waals surface area contributed by atoms with E-state index in [1.807, 2.05) is 6.07 Å². The number of hydrogen-bond acceptors (Lipinski definition) is 6. The van der Waals surface area contributed by atoms with Crippen LogP contribution in [-0.4, -0.2) is 34.4 Å². The molecule has 21 heavy (non-hydrogen) atoms. The summed E-state index contributed by atoms with van der Waals surface area (Å²) in [7, 11) is 0. The number of carbonyl (C=O) groups excluding carboxylic acids is 2. The van der Waals surface area contributed by atoms with E-state index in [1.54, 1.807) is 0 Å². The highest BCUT2D eigenvalue weighted by atomic mass is 16.5. The van der Waals surface area contributed by atoms with Gasteiger partial charge in [-0.15, -0.1) is 0 Å². The molecular formula is C14H13NO6. The van der Waals surface area contributed by atoms with Crippen LogP contribution in [0.2, 0.25) is 0 Å². The Kier molecular flexibility index (Phi) is 5.89. The fourth-order valence-electron chi connectivity index (χ4n) is 1.49.